The number of benzene rings is 1. The molecule has 0 saturated heterocycles. The number of hydrogen-bond acceptors (Lipinski definition) is 4. The average Bonchev–Trinajstić information content (AvgIpc) is 2.79. The van der Waals surface area contributed by atoms with Crippen molar-refractivity contribution >= 4 is 23.4 Å². The molecular formula is C10H9N5S. The van der Waals surface area contributed by atoms with Crippen molar-refractivity contribution in [3.05, 3.63) is 48.0 Å². The largest absolute Gasteiger partial charge is 0.389 e. The van der Waals surface area contributed by atoms with Gasteiger partial charge in [0.15, 0.2) is 0 Å². The molecule has 2 aromatic rings. The molecule has 0 radical (unpaired) electrons. The molecular weight excluding hydrogens is 222 g/mol. The van der Waals surface area contributed by atoms with Crippen LogP contribution in [-0.2, 0) is 0 Å². The highest BCUT2D eigenvalue weighted by molar-refractivity contribution is 7.80. The Morgan fingerprint density at radius 3 is 2.81 bits per heavy atom. The fraction of sp³-hybridized carbons (Fsp3) is 0. The Morgan fingerprint density at radius 1 is 1.38 bits per heavy atom. The fourth-order valence-corrected chi connectivity index (χ4v) is 1.29. The molecule has 0 bridgehead atoms. The second-order valence-corrected chi connectivity index (χ2v) is 3.52. The summed E-state index contributed by atoms with van der Waals surface area (Å²) in [5, 5.41) is 11.4. The number of nitrogens with two attached hydrogens (primary N) is 1. The van der Waals surface area contributed by atoms with Gasteiger partial charge in [-0.15, -0.1) is 10.2 Å². The van der Waals surface area contributed by atoms with Crippen LogP contribution < -0.4 is 5.73 Å². The van der Waals surface area contributed by atoms with Crippen LogP contribution in [0.1, 0.15) is 11.1 Å². The van der Waals surface area contributed by atoms with E-state index in [1.54, 1.807) is 6.21 Å². The molecule has 2 rings (SSSR count). The molecule has 1 aromatic heterocycles. The van der Waals surface area contributed by atoms with Crippen molar-refractivity contribution in [3.63, 3.8) is 0 Å². The minimum Gasteiger partial charge on any atom is -0.389 e. The Bertz CT molecular complexity index is 518. The summed E-state index contributed by atoms with van der Waals surface area (Å²) in [7, 11) is 0. The highest BCUT2D eigenvalue weighted by Crippen LogP contribution is 2.03. The summed E-state index contributed by atoms with van der Waals surface area (Å²) in [5.41, 5.74) is 7.27. The lowest BCUT2D eigenvalue weighted by Gasteiger charge is -1.98. The van der Waals surface area contributed by atoms with E-state index in [2.05, 4.69) is 15.3 Å². The van der Waals surface area contributed by atoms with E-state index in [-0.39, 0.29) is 0 Å². The Balaban J connectivity index is 2.22. The van der Waals surface area contributed by atoms with E-state index in [1.165, 1.54) is 17.3 Å². The van der Waals surface area contributed by atoms with Crippen LogP contribution in [0.25, 0.3) is 0 Å². The van der Waals surface area contributed by atoms with E-state index >= 15 is 0 Å². The monoisotopic (exact) mass is 231 g/mol. The standard InChI is InChI=1S/C10H9N5S/c11-10(16)9-3-1-2-8(4-9)5-14-15-6-12-13-7-15/h1-7H,(H2,11,16)/b14-5+. The highest BCUT2D eigenvalue weighted by atomic mass is 32.1. The van der Waals surface area contributed by atoms with Crippen molar-refractivity contribution in [2.75, 3.05) is 0 Å². The maximum Gasteiger partial charge on any atom is 0.141 e. The minimum absolute atomic E-state index is 0.375. The molecule has 5 nitrogen and oxygen atoms in total. The Morgan fingerprint density at radius 2 is 2.12 bits per heavy atom. The third kappa shape index (κ3) is 2.48. The summed E-state index contributed by atoms with van der Waals surface area (Å²) < 4.78 is 1.51. The molecule has 0 saturated carbocycles. The molecule has 1 heterocycles. The summed E-state index contributed by atoms with van der Waals surface area (Å²) in [6.45, 7) is 0. The fourth-order valence-electron chi connectivity index (χ4n) is 1.16. The van der Waals surface area contributed by atoms with Gasteiger partial charge < -0.3 is 5.73 Å². The van der Waals surface area contributed by atoms with Gasteiger partial charge in [0.1, 0.15) is 17.6 Å². The van der Waals surface area contributed by atoms with Crippen LogP contribution in [0.5, 0.6) is 0 Å². The molecule has 0 aliphatic heterocycles. The van der Waals surface area contributed by atoms with Crippen molar-refractivity contribution in [3.8, 4) is 0 Å². The minimum atomic E-state index is 0.375. The molecule has 0 amide bonds. The van der Waals surface area contributed by atoms with Gasteiger partial charge in [-0.2, -0.15) is 5.10 Å². The second kappa shape index (κ2) is 4.63. The van der Waals surface area contributed by atoms with Crippen molar-refractivity contribution in [2.45, 2.75) is 0 Å². The Labute approximate surface area is 97.6 Å². The van der Waals surface area contributed by atoms with Gasteiger partial charge in [0.05, 0.1) is 6.21 Å². The molecule has 0 spiro atoms. The van der Waals surface area contributed by atoms with Crippen LogP contribution in [0.2, 0.25) is 0 Å². The number of aromatic nitrogens is 3. The smallest absolute Gasteiger partial charge is 0.141 e. The van der Waals surface area contributed by atoms with Crippen LogP contribution >= 0.6 is 12.2 Å². The first kappa shape index (κ1) is 10.4. The van der Waals surface area contributed by atoms with Gasteiger partial charge in [-0.3, -0.25) is 0 Å². The first-order valence-corrected chi connectivity index (χ1v) is 4.95. The lowest BCUT2D eigenvalue weighted by Crippen LogP contribution is -2.09. The van der Waals surface area contributed by atoms with E-state index in [1.807, 2.05) is 24.3 Å². The van der Waals surface area contributed by atoms with E-state index in [0.717, 1.165) is 11.1 Å². The van der Waals surface area contributed by atoms with Crippen LogP contribution in [0.15, 0.2) is 42.0 Å². The third-order valence-corrected chi connectivity index (χ3v) is 2.15. The molecule has 0 aliphatic rings. The van der Waals surface area contributed by atoms with Gasteiger partial charge in [0.2, 0.25) is 0 Å². The van der Waals surface area contributed by atoms with Crippen molar-refractivity contribution in [1.82, 2.24) is 14.9 Å². The zero-order valence-electron chi connectivity index (χ0n) is 8.32. The summed E-state index contributed by atoms with van der Waals surface area (Å²) in [6, 6.07) is 7.52. The van der Waals surface area contributed by atoms with Gasteiger partial charge in [0.25, 0.3) is 0 Å². The lowest BCUT2D eigenvalue weighted by molar-refractivity contribution is 0.878. The van der Waals surface area contributed by atoms with Crippen LogP contribution in [-0.4, -0.2) is 26.1 Å². The third-order valence-electron chi connectivity index (χ3n) is 1.92. The first-order valence-electron chi connectivity index (χ1n) is 4.54. The zero-order chi connectivity index (χ0) is 11.4. The SMILES string of the molecule is NC(=S)c1cccc(/C=N/n2cnnc2)c1. The predicted octanol–water partition coefficient (Wildman–Crippen LogP) is 0.795. The van der Waals surface area contributed by atoms with Crippen molar-refractivity contribution < 1.29 is 0 Å². The Kier molecular flexibility index (Phi) is 3.02. The number of hydrogen-bond donors (Lipinski definition) is 1. The molecule has 16 heavy (non-hydrogen) atoms. The average molecular weight is 231 g/mol. The first-order chi connectivity index (χ1) is 7.75. The number of nitrogens with zero attached hydrogens (tertiary/aromatic N) is 4. The van der Waals surface area contributed by atoms with Gasteiger partial charge in [-0.05, 0) is 11.6 Å². The molecule has 80 valence electrons. The highest BCUT2D eigenvalue weighted by Gasteiger charge is 1.96. The van der Waals surface area contributed by atoms with Crippen LogP contribution in [0, 0.1) is 0 Å². The van der Waals surface area contributed by atoms with Crippen molar-refractivity contribution in [2.24, 2.45) is 10.8 Å². The normalized spacial score (nSPS) is 10.8. The maximum absolute atomic E-state index is 5.54. The summed E-state index contributed by atoms with van der Waals surface area (Å²) in [5.74, 6) is 0. The molecule has 2 N–H and O–H groups in total. The van der Waals surface area contributed by atoms with Crippen LogP contribution in [0.3, 0.4) is 0 Å². The predicted molar refractivity (Wildman–Crippen MR) is 65.3 cm³/mol. The summed E-state index contributed by atoms with van der Waals surface area (Å²) >= 11 is 4.89. The molecule has 0 fully saturated rings. The van der Waals surface area contributed by atoms with E-state index in [0.29, 0.717) is 4.99 Å². The quantitative estimate of drug-likeness (QED) is 0.626. The van der Waals surface area contributed by atoms with Crippen molar-refractivity contribution in [1.29, 1.82) is 0 Å². The second-order valence-electron chi connectivity index (χ2n) is 3.08. The molecule has 6 heteroatoms. The van der Waals surface area contributed by atoms with Crippen LogP contribution in [0.4, 0.5) is 0 Å². The molecule has 1 aromatic carbocycles. The number of thiocarbonyl (C=S) groups is 1. The topological polar surface area (TPSA) is 69.1 Å². The number of rotatable bonds is 3. The lowest BCUT2D eigenvalue weighted by atomic mass is 10.1. The van der Waals surface area contributed by atoms with Gasteiger partial charge >= 0.3 is 0 Å². The summed E-state index contributed by atoms with van der Waals surface area (Å²) in [4.78, 5) is 0.375. The van der Waals surface area contributed by atoms with Gasteiger partial charge in [-0.1, -0.05) is 30.4 Å². The van der Waals surface area contributed by atoms with E-state index < -0.39 is 0 Å². The zero-order valence-corrected chi connectivity index (χ0v) is 9.13. The van der Waals surface area contributed by atoms with Gasteiger partial charge in [0, 0.05) is 5.56 Å². The molecule has 0 atom stereocenters. The van der Waals surface area contributed by atoms with Gasteiger partial charge in [-0.25, -0.2) is 4.68 Å². The maximum atomic E-state index is 5.54. The van der Waals surface area contributed by atoms with E-state index in [9.17, 15) is 0 Å². The summed E-state index contributed by atoms with van der Waals surface area (Å²) in [6.07, 6.45) is 4.70. The van der Waals surface area contributed by atoms with E-state index in [4.69, 9.17) is 18.0 Å². The Hall–Kier alpha value is -2.08. The molecule has 0 unspecified atom stereocenters. The molecule has 0 aliphatic carbocycles.